The number of hydrogen-bond donors (Lipinski definition) is 1. The average molecular weight is 400 g/mol. The molecule has 2 aromatic rings. The van der Waals surface area contributed by atoms with Crippen LogP contribution in [0.1, 0.15) is 49.1 Å². The molecule has 1 saturated heterocycles. The molecule has 4 heterocycles. The van der Waals surface area contributed by atoms with Gasteiger partial charge >= 0.3 is 6.03 Å². The summed E-state index contributed by atoms with van der Waals surface area (Å²) in [5, 5.41) is 17.1. The van der Waals surface area contributed by atoms with Crippen LogP contribution in [0.3, 0.4) is 0 Å². The Morgan fingerprint density at radius 2 is 2.07 bits per heavy atom. The predicted octanol–water partition coefficient (Wildman–Crippen LogP) is 3.02. The monoisotopic (exact) mass is 400 g/mol. The Bertz CT molecular complexity index is 1120. The van der Waals surface area contributed by atoms with Gasteiger partial charge in [-0.2, -0.15) is 10.4 Å². The first kappa shape index (κ1) is 17.7. The first-order valence-electron chi connectivity index (χ1n) is 10.8. The summed E-state index contributed by atoms with van der Waals surface area (Å²) in [4.78, 5) is 19.2. The first-order valence-corrected chi connectivity index (χ1v) is 10.8. The summed E-state index contributed by atoms with van der Waals surface area (Å²) in [7, 11) is 0. The van der Waals surface area contributed by atoms with E-state index in [-0.39, 0.29) is 11.4 Å². The van der Waals surface area contributed by atoms with E-state index in [1.165, 1.54) is 11.3 Å². The third-order valence-corrected chi connectivity index (χ3v) is 7.22. The maximum Gasteiger partial charge on any atom is 0.318 e. The Morgan fingerprint density at radius 3 is 2.90 bits per heavy atom. The number of aryl methyl sites for hydroxylation is 2. The highest BCUT2D eigenvalue weighted by Crippen LogP contribution is 2.44. The maximum atomic E-state index is 12.7. The van der Waals surface area contributed by atoms with Gasteiger partial charge in [0.15, 0.2) is 0 Å². The number of fused-ring (bicyclic) bond motifs is 3. The lowest BCUT2D eigenvalue weighted by Crippen LogP contribution is -2.45. The molecule has 7 nitrogen and oxygen atoms in total. The van der Waals surface area contributed by atoms with Crippen LogP contribution < -0.4 is 5.32 Å². The van der Waals surface area contributed by atoms with Crippen molar-refractivity contribution in [2.24, 2.45) is 0 Å². The van der Waals surface area contributed by atoms with Gasteiger partial charge in [0.1, 0.15) is 5.54 Å². The molecule has 30 heavy (non-hydrogen) atoms. The molecule has 2 aliphatic carbocycles. The number of hydrogen-bond acceptors (Lipinski definition) is 4. The van der Waals surface area contributed by atoms with Crippen molar-refractivity contribution in [3.05, 3.63) is 41.4 Å². The van der Waals surface area contributed by atoms with Crippen LogP contribution in [0.4, 0.5) is 4.79 Å². The first-order chi connectivity index (χ1) is 14.6. The van der Waals surface area contributed by atoms with E-state index in [1.54, 1.807) is 0 Å². The van der Waals surface area contributed by atoms with Crippen LogP contribution in [0.25, 0.3) is 17.3 Å². The zero-order valence-corrected chi connectivity index (χ0v) is 16.9. The zero-order valence-electron chi connectivity index (χ0n) is 16.9. The van der Waals surface area contributed by atoms with Gasteiger partial charge < -0.3 is 10.2 Å². The van der Waals surface area contributed by atoms with Crippen LogP contribution in [-0.2, 0) is 18.4 Å². The number of rotatable bonds is 2. The molecule has 1 saturated carbocycles. The van der Waals surface area contributed by atoms with Crippen LogP contribution in [0.5, 0.6) is 0 Å². The number of nitrogens with one attached hydrogen (secondary N) is 1. The summed E-state index contributed by atoms with van der Waals surface area (Å²) in [5.41, 5.74) is 4.93. The van der Waals surface area contributed by atoms with Crippen LogP contribution >= 0.6 is 0 Å². The van der Waals surface area contributed by atoms with Crippen molar-refractivity contribution in [2.75, 3.05) is 13.1 Å². The molecule has 1 spiro atoms. The molecule has 152 valence electrons. The van der Waals surface area contributed by atoms with Gasteiger partial charge in [-0.05, 0) is 56.2 Å². The van der Waals surface area contributed by atoms with E-state index in [0.29, 0.717) is 6.54 Å². The number of carbonyl (C=O) groups excluding carboxylic acids is 1. The average Bonchev–Trinajstić information content (AvgIpc) is 3.12. The van der Waals surface area contributed by atoms with Gasteiger partial charge in [0.25, 0.3) is 0 Å². The highest BCUT2D eigenvalue weighted by molar-refractivity contribution is 5.77. The quantitative estimate of drug-likeness (QED) is 0.839. The molecule has 1 N–H and O–H groups in total. The molecule has 2 aliphatic heterocycles. The number of aromatic nitrogens is 3. The Labute approximate surface area is 175 Å². The summed E-state index contributed by atoms with van der Waals surface area (Å²) in [6.07, 6.45) is 11.8. The van der Waals surface area contributed by atoms with Gasteiger partial charge in [-0.3, -0.25) is 9.67 Å². The van der Waals surface area contributed by atoms with Crippen LogP contribution in [0, 0.1) is 11.3 Å². The van der Waals surface area contributed by atoms with Crippen LogP contribution in [-0.4, -0.2) is 44.3 Å². The Balaban J connectivity index is 1.25. The number of nitrogens with zero attached hydrogens (tertiary/aromatic N) is 5. The van der Waals surface area contributed by atoms with E-state index >= 15 is 0 Å². The standard InChI is InChI=1S/C23H24N6O/c24-14-23(5-6-23)26-21(30)28-9-7-22(15-28)8-10-29-20(22)12-19(27-29)17-11-16-3-1-2-4-18(16)25-13-17/h1,3,11-13H,2,4-10,15H2,(H,26,30). The largest absolute Gasteiger partial charge is 0.324 e. The van der Waals surface area contributed by atoms with Crippen molar-refractivity contribution < 1.29 is 4.79 Å². The van der Waals surface area contributed by atoms with E-state index in [9.17, 15) is 10.1 Å². The second-order valence-corrected chi connectivity index (χ2v) is 9.16. The van der Waals surface area contributed by atoms with Crippen molar-refractivity contribution in [1.82, 2.24) is 25.0 Å². The van der Waals surface area contributed by atoms with Gasteiger partial charge in [-0.1, -0.05) is 12.2 Å². The third kappa shape index (κ3) is 2.67. The second-order valence-electron chi connectivity index (χ2n) is 9.16. The molecule has 1 atom stereocenters. The lowest BCUT2D eigenvalue weighted by atomic mass is 9.82. The highest BCUT2D eigenvalue weighted by atomic mass is 16.2. The molecule has 6 rings (SSSR count). The number of allylic oxidation sites excluding steroid dienone is 1. The molecule has 2 aromatic heterocycles. The number of likely N-dealkylation sites (tertiary alicyclic amines) is 1. The van der Waals surface area contributed by atoms with Crippen molar-refractivity contribution >= 4 is 12.1 Å². The molecule has 2 amide bonds. The smallest absolute Gasteiger partial charge is 0.318 e. The second kappa shape index (κ2) is 6.18. The van der Waals surface area contributed by atoms with Gasteiger partial charge in [-0.15, -0.1) is 0 Å². The van der Waals surface area contributed by atoms with Gasteiger partial charge in [0.2, 0.25) is 0 Å². The van der Waals surface area contributed by atoms with Crippen molar-refractivity contribution in [3.8, 4) is 17.3 Å². The summed E-state index contributed by atoms with van der Waals surface area (Å²) < 4.78 is 2.11. The Morgan fingerprint density at radius 1 is 1.20 bits per heavy atom. The summed E-state index contributed by atoms with van der Waals surface area (Å²) in [5.74, 6) is 0. The van der Waals surface area contributed by atoms with Crippen molar-refractivity contribution in [3.63, 3.8) is 0 Å². The number of urea groups is 1. The Hall–Kier alpha value is -3.14. The number of amides is 2. The summed E-state index contributed by atoms with van der Waals surface area (Å²) >= 11 is 0. The van der Waals surface area contributed by atoms with Gasteiger partial charge in [-0.25, -0.2) is 4.79 Å². The number of carbonyl (C=O) groups is 1. The Kier molecular flexibility index (Phi) is 3.64. The predicted molar refractivity (Wildman–Crippen MR) is 111 cm³/mol. The fourth-order valence-corrected chi connectivity index (χ4v) is 5.17. The molecule has 0 radical (unpaired) electrons. The molecular weight excluding hydrogens is 376 g/mol. The molecule has 0 bridgehead atoms. The van der Waals surface area contributed by atoms with E-state index < -0.39 is 5.54 Å². The summed E-state index contributed by atoms with van der Waals surface area (Å²) in [6.45, 7) is 2.29. The molecule has 0 aromatic carbocycles. The van der Waals surface area contributed by atoms with E-state index in [0.717, 1.165) is 68.6 Å². The number of pyridine rings is 1. The SMILES string of the molecule is N#CC1(NC(=O)N2CCC3(CCn4nc(-c5cnc6c(c5)C=CCC6)cc43)C2)CC1. The maximum absolute atomic E-state index is 12.7. The highest BCUT2D eigenvalue weighted by Gasteiger charge is 2.50. The van der Waals surface area contributed by atoms with Crippen molar-refractivity contribution in [1.29, 1.82) is 5.26 Å². The molecular formula is C23H24N6O. The number of nitriles is 1. The normalized spacial score (nSPS) is 25.1. The van der Waals surface area contributed by atoms with Gasteiger partial charge in [0.05, 0.1) is 11.8 Å². The molecule has 7 heteroatoms. The van der Waals surface area contributed by atoms with Crippen molar-refractivity contribution in [2.45, 2.75) is 56.0 Å². The molecule has 2 fully saturated rings. The minimum Gasteiger partial charge on any atom is -0.324 e. The topological polar surface area (TPSA) is 86.8 Å². The van der Waals surface area contributed by atoms with E-state index in [2.05, 4.69) is 45.3 Å². The van der Waals surface area contributed by atoms with E-state index in [4.69, 9.17) is 5.10 Å². The lowest BCUT2D eigenvalue weighted by Gasteiger charge is -2.24. The van der Waals surface area contributed by atoms with E-state index in [1.807, 2.05) is 11.1 Å². The van der Waals surface area contributed by atoms with Crippen LogP contribution in [0.15, 0.2) is 24.4 Å². The molecule has 4 aliphatic rings. The summed E-state index contributed by atoms with van der Waals surface area (Å²) in [6, 6.07) is 6.53. The third-order valence-electron chi connectivity index (χ3n) is 7.22. The fourth-order valence-electron chi connectivity index (χ4n) is 5.17. The fraction of sp³-hybridized carbons (Fsp3) is 0.478. The minimum absolute atomic E-state index is 0.0342. The molecule has 1 unspecified atom stereocenters. The zero-order chi connectivity index (χ0) is 20.3. The minimum atomic E-state index is -0.620. The lowest BCUT2D eigenvalue weighted by molar-refractivity contribution is 0.202. The van der Waals surface area contributed by atoms with Gasteiger partial charge in [0, 0.05) is 48.2 Å². The van der Waals surface area contributed by atoms with Crippen LogP contribution in [0.2, 0.25) is 0 Å².